The Kier molecular flexibility index (Phi) is 5.18. The third-order valence-electron chi connectivity index (χ3n) is 3.01. The highest BCUT2D eigenvalue weighted by Crippen LogP contribution is 2.16. The molecule has 20 heavy (non-hydrogen) atoms. The number of hydrogen-bond donors (Lipinski definition) is 1. The summed E-state index contributed by atoms with van der Waals surface area (Å²) in [6.45, 7) is 2.46. The van der Waals surface area contributed by atoms with Crippen molar-refractivity contribution in [1.29, 1.82) is 0 Å². The summed E-state index contributed by atoms with van der Waals surface area (Å²) in [5, 5.41) is 3.19. The largest absolute Gasteiger partial charge is 0.458 e. The molecule has 0 aliphatic heterocycles. The zero-order chi connectivity index (χ0) is 14.2. The van der Waals surface area contributed by atoms with Gasteiger partial charge in [0.05, 0.1) is 6.42 Å². The van der Waals surface area contributed by atoms with Crippen LogP contribution < -0.4 is 5.32 Å². The zero-order valence-corrected chi connectivity index (χ0v) is 11.6. The van der Waals surface area contributed by atoms with E-state index in [1.807, 2.05) is 67.6 Å². The molecule has 0 aliphatic rings. The van der Waals surface area contributed by atoms with Crippen molar-refractivity contribution < 1.29 is 9.53 Å². The molecule has 0 fully saturated rings. The molecule has 0 saturated carbocycles. The second kappa shape index (κ2) is 7.34. The second-order valence-electron chi connectivity index (χ2n) is 4.59. The number of carbonyl (C=O) groups excluding carboxylic acids is 1. The lowest BCUT2D eigenvalue weighted by atomic mass is 10.1. The molecule has 0 bridgehead atoms. The van der Waals surface area contributed by atoms with Crippen molar-refractivity contribution in [2.45, 2.75) is 19.4 Å². The molecule has 3 heteroatoms. The molecule has 2 aromatic carbocycles. The van der Waals surface area contributed by atoms with Crippen LogP contribution >= 0.6 is 0 Å². The number of esters is 1. The van der Waals surface area contributed by atoms with Crippen LogP contribution in [0.15, 0.2) is 60.7 Å². The number of anilines is 1. The summed E-state index contributed by atoms with van der Waals surface area (Å²) in [5.74, 6) is -0.190. The van der Waals surface area contributed by atoms with Crippen LogP contribution in [0, 0.1) is 0 Å². The molecule has 0 aromatic heterocycles. The van der Waals surface area contributed by atoms with Gasteiger partial charge in [0, 0.05) is 12.2 Å². The van der Waals surface area contributed by atoms with Crippen LogP contribution in [0.4, 0.5) is 5.69 Å². The maximum atomic E-state index is 11.8. The molecule has 3 nitrogen and oxygen atoms in total. The summed E-state index contributed by atoms with van der Waals surface area (Å²) >= 11 is 0. The average Bonchev–Trinajstić information content (AvgIpc) is 2.49. The quantitative estimate of drug-likeness (QED) is 0.811. The van der Waals surface area contributed by atoms with E-state index in [1.165, 1.54) is 0 Å². The van der Waals surface area contributed by atoms with Gasteiger partial charge in [0.2, 0.25) is 0 Å². The number of nitrogens with one attached hydrogen (secondary N) is 1. The van der Waals surface area contributed by atoms with Crippen LogP contribution in [0.1, 0.15) is 25.0 Å². The molecule has 1 atom stereocenters. The topological polar surface area (TPSA) is 38.3 Å². The fourth-order valence-corrected chi connectivity index (χ4v) is 1.91. The molecule has 0 spiro atoms. The minimum Gasteiger partial charge on any atom is -0.458 e. The Labute approximate surface area is 119 Å². The number of ether oxygens (including phenoxy) is 1. The van der Waals surface area contributed by atoms with Crippen molar-refractivity contribution in [3.05, 3.63) is 66.2 Å². The van der Waals surface area contributed by atoms with E-state index in [1.54, 1.807) is 0 Å². The van der Waals surface area contributed by atoms with Gasteiger partial charge in [-0.3, -0.25) is 4.79 Å². The first kappa shape index (κ1) is 14.1. The van der Waals surface area contributed by atoms with E-state index < -0.39 is 0 Å². The van der Waals surface area contributed by atoms with Crippen LogP contribution in [-0.4, -0.2) is 12.5 Å². The van der Waals surface area contributed by atoms with Crippen LogP contribution in [0.2, 0.25) is 0 Å². The number of benzene rings is 2. The lowest BCUT2D eigenvalue weighted by Gasteiger charge is -2.13. The van der Waals surface area contributed by atoms with Gasteiger partial charge in [0.25, 0.3) is 0 Å². The molecule has 1 unspecified atom stereocenters. The Morgan fingerprint density at radius 3 is 2.30 bits per heavy atom. The van der Waals surface area contributed by atoms with Crippen molar-refractivity contribution >= 4 is 11.7 Å². The molecular weight excluding hydrogens is 250 g/mol. The predicted molar refractivity (Wildman–Crippen MR) is 80.5 cm³/mol. The molecule has 1 N–H and O–H groups in total. The molecule has 2 rings (SSSR count). The summed E-state index contributed by atoms with van der Waals surface area (Å²) in [7, 11) is 0. The summed E-state index contributed by atoms with van der Waals surface area (Å²) in [4.78, 5) is 11.8. The van der Waals surface area contributed by atoms with Crippen LogP contribution in [0.25, 0.3) is 0 Å². The second-order valence-corrected chi connectivity index (χ2v) is 4.59. The van der Waals surface area contributed by atoms with Gasteiger partial charge in [0.1, 0.15) is 6.10 Å². The predicted octanol–water partition coefficient (Wildman–Crippen LogP) is 3.79. The fourth-order valence-electron chi connectivity index (χ4n) is 1.91. The Hall–Kier alpha value is -2.29. The molecule has 2 aromatic rings. The fraction of sp³-hybridized carbons (Fsp3) is 0.235. The Bertz CT molecular complexity index is 525. The SMILES string of the molecule is CC(OC(=O)CCNc1ccccc1)c1ccccc1. The summed E-state index contributed by atoms with van der Waals surface area (Å²) < 4.78 is 5.40. The third-order valence-corrected chi connectivity index (χ3v) is 3.01. The van der Waals surface area contributed by atoms with E-state index in [4.69, 9.17) is 4.74 Å². The van der Waals surface area contributed by atoms with Crippen LogP contribution in [0.3, 0.4) is 0 Å². The Morgan fingerprint density at radius 1 is 1.05 bits per heavy atom. The van der Waals surface area contributed by atoms with Crippen molar-refractivity contribution in [3.63, 3.8) is 0 Å². The maximum absolute atomic E-state index is 11.8. The molecular formula is C17H19NO2. The van der Waals surface area contributed by atoms with E-state index in [2.05, 4.69) is 5.32 Å². The first-order chi connectivity index (χ1) is 9.75. The van der Waals surface area contributed by atoms with Gasteiger partial charge >= 0.3 is 5.97 Å². The average molecular weight is 269 g/mol. The Balaban J connectivity index is 1.73. The van der Waals surface area contributed by atoms with Crippen molar-refractivity contribution in [1.82, 2.24) is 0 Å². The van der Waals surface area contributed by atoms with Gasteiger partial charge in [-0.1, -0.05) is 48.5 Å². The smallest absolute Gasteiger partial charge is 0.308 e. The standard InChI is InChI=1S/C17H19NO2/c1-14(15-8-4-2-5-9-15)20-17(19)12-13-18-16-10-6-3-7-11-16/h2-11,14,18H,12-13H2,1H3. The normalized spacial score (nSPS) is 11.7. The van der Waals surface area contributed by atoms with E-state index in [9.17, 15) is 4.79 Å². The van der Waals surface area contributed by atoms with Gasteiger partial charge in [-0.05, 0) is 24.6 Å². The van der Waals surface area contributed by atoms with Crippen molar-refractivity contribution in [3.8, 4) is 0 Å². The summed E-state index contributed by atoms with van der Waals surface area (Å²) in [6, 6.07) is 19.6. The molecule has 0 radical (unpaired) electrons. The van der Waals surface area contributed by atoms with Gasteiger partial charge in [0.15, 0.2) is 0 Å². The van der Waals surface area contributed by atoms with Crippen molar-refractivity contribution in [2.24, 2.45) is 0 Å². The third kappa shape index (κ3) is 4.43. The highest BCUT2D eigenvalue weighted by molar-refractivity contribution is 5.70. The minimum atomic E-state index is -0.208. The molecule has 0 saturated heterocycles. The van der Waals surface area contributed by atoms with Gasteiger partial charge in [-0.25, -0.2) is 0 Å². The molecule has 104 valence electrons. The summed E-state index contributed by atoms with van der Waals surface area (Å²) in [6.07, 6.45) is 0.145. The first-order valence-electron chi connectivity index (χ1n) is 6.79. The van der Waals surface area contributed by atoms with E-state index in [-0.39, 0.29) is 12.1 Å². The monoisotopic (exact) mass is 269 g/mol. The Morgan fingerprint density at radius 2 is 1.65 bits per heavy atom. The van der Waals surface area contributed by atoms with Gasteiger partial charge in [-0.2, -0.15) is 0 Å². The number of rotatable bonds is 6. The van der Waals surface area contributed by atoms with E-state index in [0.29, 0.717) is 13.0 Å². The number of para-hydroxylation sites is 1. The van der Waals surface area contributed by atoms with Crippen molar-refractivity contribution in [2.75, 3.05) is 11.9 Å². The molecule has 0 amide bonds. The maximum Gasteiger partial charge on any atom is 0.308 e. The zero-order valence-electron chi connectivity index (χ0n) is 11.6. The van der Waals surface area contributed by atoms with Crippen LogP contribution in [0.5, 0.6) is 0 Å². The van der Waals surface area contributed by atoms with E-state index in [0.717, 1.165) is 11.3 Å². The first-order valence-corrected chi connectivity index (χ1v) is 6.79. The lowest BCUT2D eigenvalue weighted by Crippen LogP contribution is -2.13. The molecule has 0 aliphatic carbocycles. The minimum absolute atomic E-state index is 0.190. The highest BCUT2D eigenvalue weighted by Gasteiger charge is 2.10. The van der Waals surface area contributed by atoms with Gasteiger partial charge in [-0.15, -0.1) is 0 Å². The summed E-state index contributed by atoms with van der Waals surface area (Å²) in [5.41, 5.74) is 2.02. The van der Waals surface area contributed by atoms with E-state index >= 15 is 0 Å². The van der Waals surface area contributed by atoms with Crippen LogP contribution in [-0.2, 0) is 9.53 Å². The highest BCUT2D eigenvalue weighted by atomic mass is 16.5. The molecule has 0 heterocycles. The number of carbonyl (C=O) groups is 1. The lowest BCUT2D eigenvalue weighted by molar-refractivity contribution is -0.148. The number of hydrogen-bond acceptors (Lipinski definition) is 3. The van der Waals surface area contributed by atoms with Gasteiger partial charge < -0.3 is 10.1 Å².